The molecule has 0 aliphatic carbocycles. The summed E-state index contributed by atoms with van der Waals surface area (Å²) < 4.78 is 0. The van der Waals surface area contributed by atoms with Crippen molar-refractivity contribution in [3.8, 4) is 0 Å². The van der Waals surface area contributed by atoms with Gasteiger partial charge in [0, 0.05) is 29.5 Å². The van der Waals surface area contributed by atoms with E-state index in [4.69, 9.17) is 0 Å². The number of carbonyl (C=O) groups excluding carboxylic acids is 1. The van der Waals surface area contributed by atoms with Crippen molar-refractivity contribution in [2.45, 2.75) is 26.9 Å². The number of hydrogen-bond acceptors (Lipinski definition) is 4. The van der Waals surface area contributed by atoms with Gasteiger partial charge in [0.15, 0.2) is 0 Å². The molecule has 0 fully saturated rings. The highest BCUT2D eigenvalue weighted by atomic mass is 32.1. The summed E-state index contributed by atoms with van der Waals surface area (Å²) in [4.78, 5) is 20.0. The fraction of sp³-hybridized carbons (Fsp3) is 0.308. The van der Waals surface area contributed by atoms with Crippen molar-refractivity contribution in [1.29, 1.82) is 0 Å². The monoisotopic (exact) mass is 276 g/mol. The molecule has 2 amide bonds. The molecule has 0 atom stereocenters. The quantitative estimate of drug-likeness (QED) is 0.899. The number of carbonyl (C=O) groups is 1. The zero-order valence-electron chi connectivity index (χ0n) is 10.9. The molecule has 0 radical (unpaired) electrons. The van der Waals surface area contributed by atoms with Gasteiger partial charge in [-0.2, -0.15) is 0 Å². The van der Waals surface area contributed by atoms with E-state index in [1.54, 1.807) is 17.5 Å². The smallest absolute Gasteiger partial charge is 0.315 e. The van der Waals surface area contributed by atoms with Crippen molar-refractivity contribution in [2.24, 2.45) is 0 Å². The summed E-state index contributed by atoms with van der Waals surface area (Å²) >= 11 is 1.54. The zero-order chi connectivity index (χ0) is 13.7. The van der Waals surface area contributed by atoms with Gasteiger partial charge in [-0.25, -0.2) is 9.78 Å². The summed E-state index contributed by atoms with van der Waals surface area (Å²) in [5.74, 6) is 0. The van der Waals surface area contributed by atoms with Gasteiger partial charge in [0.1, 0.15) is 5.01 Å². The standard InChI is InChI=1S/C13H16N4OS/c1-9-3-4-11(5-14-9)6-15-13(18)16-7-12-17-10(2)8-19-12/h3-5,8H,6-7H2,1-2H3,(H2,15,16,18). The van der Waals surface area contributed by atoms with Gasteiger partial charge in [0.25, 0.3) is 0 Å². The second kappa shape index (κ2) is 6.29. The van der Waals surface area contributed by atoms with Crippen LogP contribution < -0.4 is 10.6 Å². The molecule has 19 heavy (non-hydrogen) atoms. The highest BCUT2D eigenvalue weighted by Crippen LogP contribution is 2.07. The first-order chi connectivity index (χ1) is 9.13. The average molecular weight is 276 g/mol. The molecule has 6 heteroatoms. The number of thiazole rings is 1. The minimum atomic E-state index is -0.201. The Hall–Kier alpha value is -1.95. The van der Waals surface area contributed by atoms with Gasteiger partial charge in [0.05, 0.1) is 6.54 Å². The van der Waals surface area contributed by atoms with Crippen LogP contribution in [0.1, 0.15) is 22.0 Å². The molecule has 0 unspecified atom stereocenters. The Labute approximate surface area is 116 Å². The molecular weight excluding hydrogens is 260 g/mol. The van der Waals surface area contributed by atoms with Crippen molar-refractivity contribution in [3.05, 3.63) is 45.7 Å². The molecule has 0 aromatic carbocycles. The SMILES string of the molecule is Cc1ccc(CNC(=O)NCc2nc(C)cs2)cn1. The summed E-state index contributed by atoms with van der Waals surface area (Å²) in [6, 6.07) is 3.67. The number of urea groups is 1. The van der Waals surface area contributed by atoms with Crippen molar-refractivity contribution in [2.75, 3.05) is 0 Å². The number of aryl methyl sites for hydroxylation is 2. The number of hydrogen-bond donors (Lipinski definition) is 2. The van der Waals surface area contributed by atoms with Gasteiger partial charge in [0.2, 0.25) is 0 Å². The fourth-order valence-corrected chi connectivity index (χ4v) is 2.20. The second-order valence-corrected chi connectivity index (χ2v) is 5.17. The number of nitrogens with zero attached hydrogens (tertiary/aromatic N) is 2. The van der Waals surface area contributed by atoms with Gasteiger partial charge in [-0.05, 0) is 25.5 Å². The molecule has 5 nitrogen and oxygen atoms in total. The fourth-order valence-electron chi connectivity index (χ4n) is 1.49. The van der Waals surface area contributed by atoms with Crippen LogP contribution in [0.25, 0.3) is 0 Å². The summed E-state index contributed by atoms with van der Waals surface area (Å²) in [7, 11) is 0. The van der Waals surface area contributed by atoms with Gasteiger partial charge in [-0.1, -0.05) is 6.07 Å². The minimum absolute atomic E-state index is 0.201. The molecule has 2 rings (SSSR count). The predicted octanol–water partition coefficient (Wildman–Crippen LogP) is 2.15. The third-order valence-electron chi connectivity index (χ3n) is 2.49. The first-order valence-corrected chi connectivity index (χ1v) is 6.85. The van der Waals surface area contributed by atoms with Crippen molar-refractivity contribution < 1.29 is 4.79 Å². The summed E-state index contributed by atoms with van der Waals surface area (Å²) in [6.45, 7) is 4.79. The molecule has 0 aliphatic rings. The maximum Gasteiger partial charge on any atom is 0.315 e. The molecule has 0 saturated heterocycles. The Bertz CT molecular complexity index is 550. The third kappa shape index (κ3) is 4.33. The number of rotatable bonds is 4. The minimum Gasteiger partial charge on any atom is -0.334 e. The molecular formula is C13H16N4OS. The lowest BCUT2D eigenvalue weighted by molar-refractivity contribution is 0.240. The molecule has 0 bridgehead atoms. The Morgan fingerprint density at radius 1 is 1.21 bits per heavy atom. The summed E-state index contributed by atoms with van der Waals surface area (Å²) in [5.41, 5.74) is 2.92. The maximum absolute atomic E-state index is 11.6. The number of aromatic nitrogens is 2. The summed E-state index contributed by atoms with van der Waals surface area (Å²) in [6.07, 6.45) is 1.76. The number of amides is 2. The van der Waals surface area contributed by atoms with Crippen molar-refractivity contribution >= 4 is 17.4 Å². The van der Waals surface area contributed by atoms with Crippen LogP contribution >= 0.6 is 11.3 Å². The van der Waals surface area contributed by atoms with E-state index < -0.39 is 0 Å². The maximum atomic E-state index is 11.6. The van der Waals surface area contributed by atoms with E-state index in [0.29, 0.717) is 13.1 Å². The van der Waals surface area contributed by atoms with E-state index >= 15 is 0 Å². The molecule has 2 N–H and O–H groups in total. The van der Waals surface area contributed by atoms with E-state index in [1.165, 1.54) is 0 Å². The van der Waals surface area contributed by atoms with Crippen molar-refractivity contribution in [3.63, 3.8) is 0 Å². The highest BCUT2D eigenvalue weighted by Gasteiger charge is 2.03. The van der Waals surface area contributed by atoms with Crippen LogP contribution in [0, 0.1) is 13.8 Å². The van der Waals surface area contributed by atoms with Gasteiger partial charge < -0.3 is 10.6 Å². The highest BCUT2D eigenvalue weighted by molar-refractivity contribution is 7.09. The first-order valence-electron chi connectivity index (χ1n) is 5.98. The van der Waals surface area contributed by atoms with Crippen LogP contribution in [-0.4, -0.2) is 16.0 Å². The number of nitrogens with one attached hydrogen (secondary N) is 2. The van der Waals surface area contributed by atoms with Gasteiger partial charge >= 0.3 is 6.03 Å². The second-order valence-electron chi connectivity index (χ2n) is 4.23. The lowest BCUT2D eigenvalue weighted by Crippen LogP contribution is -2.34. The van der Waals surface area contributed by atoms with E-state index in [0.717, 1.165) is 22.0 Å². The van der Waals surface area contributed by atoms with Gasteiger partial charge in [-0.15, -0.1) is 11.3 Å². The lowest BCUT2D eigenvalue weighted by atomic mass is 10.2. The van der Waals surface area contributed by atoms with E-state index in [9.17, 15) is 4.79 Å². The molecule has 2 aromatic rings. The largest absolute Gasteiger partial charge is 0.334 e. The molecule has 2 aromatic heterocycles. The Kier molecular flexibility index (Phi) is 4.46. The van der Waals surface area contributed by atoms with E-state index in [1.807, 2.05) is 31.4 Å². The van der Waals surface area contributed by atoms with Crippen LogP contribution in [0.2, 0.25) is 0 Å². The molecule has 0 aliphatic heterocycles. The van der Waals surface area contributed by atoms with Crippen LogP contribution in [0.3, 0.4) is 0 Å². The van der Waals surface area contributed by atoms with Crippen LogP contribution in [-0.2, 0) is 13.1 Å². The predicted molar refractivity (Wildman–Crippen MR) is 74.9 cm³/mol. The molecule has 2 heterocycles. The Morgan fingerprint density at radius 3 is 2.63 bits per heavy atom. The zero-order valence-corrected chi connectivity index (χ0v) is 11.8. The molecule has 100 valence electrons. The van der Waals surface area contributed by atoms with E-state index in [-0.39, 0.29) is 6.03 Å². The lowest BCUT2D eigenvalue weighted by Gasteiger charge is -2.06. The van der Waals surface area contributed by atoms with Crippen LogP contribution in [0.4, 0.5) is 4.79 Å². The first kappa shape index (κ1) is 13.5. The van der Waals surface area contributed by atoms with Gasteiger partial charge in [-0.3, -0.25) is 4.98 Å². The molecule has 0 spiro atoms. The number of pyridine rings is 1. The Balaban J connectivity index is 1.74. The topological polar surface area (TPSA) is 66.9 Å². The normalized spacial score (nSPS) is 10.2. The third-order valence-corrected chi connectivity index (χ3v) is 3.46. The average Bonchev–Trinajstić information content (AvgIpc) is 2.81. The summed E-state index contributed by atoms with van der Waals surface area (Å²) in [5, 5.41) is 8.43. The Morgan fingerprint density at radius 2 is 2.00 bits per heavy atom. The van der Waals surface area contributed by atoms with Crippen LogP contribution in [0.15, 0.2) is 23.7 Å². The molecule has 0 saturated carbocycles. The van der Waals surface area contributed by atoms with Crippen molar-refractivity contribution in [1.82, 2.24) is 20.6 Å². The van der Waals surface area contributed by atoms with E-state index in [2.05, 4.69) is 20.6 Å². The van der Waals surface area contributed by atoms with Crippen LogP contribution in [0.5, 0.6) is 0 Å².